The topological polar surface area (TPSA) is 36.9 Å². The fourth-order valence-corrected chi connectivity index (χ4v) is 2.53. The predicted octanol–water partition coefficient (Wildman–Crippen LogP) is -0.485. The van der Waals surface area contributed by atoms with Crippen LogP contribution in [0.4, 0.5) is 0 Å². The van der Waals surface area contributed by atoms with E-state index in [1.165, 1.54) is 22.3 Å². The van der Waals surface area contributed by atoms with Crippen LogP contribution in [-0.4, -0.2) is 12.6 Å². The molecular formula is C17H18ClNO. The molecule has 0 aromatic heterocycles. The van der Waals surface area contributed by atoms with Crippen molar-refractivity contribution in [3.8, 4) is 5.75 Å². The number of fused-ring (bicyclic) bond motifs is 1. The third-order valence-electron chi connectivity index (χ3n) is 3.52. The van der Waals surface area contributed by atoms with Gasteiger partial charge in [-0.15, -0.1) is 0 Å². The number of ether oxygens (including phenoxy) is 1. The molecule has 1 atom stereocenters. The molecular weight excluding hydrogens is 270 g/mol. The molecule has 1 aliphatic rings. The summed E-state index contributed by atoms with van der Waals surface area (Å²) in [6.07, 6.45) is 0. The van der Waals surface area contributed by atoms with Crippen LogP contribution in [0.1, 0.15) is 18.1 Å². The van der Waals surface area contributed by atoms with Crippen molar-refractivity contribution in [3.63, 3.8) is 0 Å². The summed E-state index contributed by atoms with van der Waals surface area (Å²) in [4.78, 5) is 0. The average molecular weight is 288 g/mol. The second kappa shape index (κ2) is 6.12. The van der Waals surface area contributed by atoms with Crippen molar-refractivity contribution in [2.45, 2.75) is 13.0 Å². The van der Waals surface area contributed by atoms with Crippen LogP contribution in [0.2, 0.25) is 0 Å². The molecule has 0 aliphatic carbocycles. The first-order valence-corrected chi connectivity index (χ1v) is 6.61. The SMILES string of the molecule is CC([NH3+])C1=C(c2ccccc2)c2ccccc2OC1.[Cl-]. The summed E-state index contributed by atoms with van der Waals surface area (Å²) >= 11 is 0. The quantitative estimate of drug-likeness (QED) is 0.796. The normalized spacial score (nSPS) is 14.9. The van der Waals surface area contributed by atoms with Gasteiger partial charge >= 0.3 is 0 Å². The van der Waals surface area contributed by atoms with Gasteiger partial charge in [0.15, 0.2) is 0 Å². The number of hydrogen-bond donors (Lipinski definition) is 1. The molecule has 20 heavy (non-hydrogen) atoms. The first-order valence-electron chi connectivity index (χ1n) is 6.61. The van der Waals surface area contributed by atoms with Crippen molar-refractivity contribution >= 4 is 5.57 Å². The Labute approximate surface area is 125 Å². The highest BCUT2D eigenvalue weighted by Gasteiger charge is 2.24. The van der Waals surface area contributed by atoms with Crippen LogP contribution in [-0.2, 0) is 0 Å². The van der Waals surface area contributed by atoms with E-state index in [0.717, 1.165) is 5.75 Å². The Morgan fingerprint density at radius 2 is 1.65 bits per heavy atom. The van der Waals surface area contributed by atoms with Crippen LogP contribution in [0.5, 0.6) is 5.75 Å². The minimum Gasteiger partial charge on any atom is -1.00 e. The third kappa shape index (κ3) is 2.58. The van der Waals surface area contributed by atoms with Gasteiger partial charge < -0.3 is 22.9 Å². The molecule has 2 nitrogen and oxygen atoms in total. The number of halogens is 1. The van der Waals surface area contributed by atoms with E-state index < -0.39 is 0 Å². The molecule has 0 radical (unpaired) electrons. The Morgan fingerprint density at radius 1 is 1.00 bits per heavy atom. The maximum Gasteiger partial charge on any atom is 0.127 e. The lowest BCUT2D eigenvalue weighted by atomic mass is 9.88. The molecule has 1 unspecified atom stereocenters. The first kappa shape index (κ1) is 14.6. The number of hydrogen-bond acceptors (Lipinski definition) is 1. The smallest absolute Gasteiger partial charge is 0.127 e. The largest absolute Gasteiger partial charge is 1.00 e. The van der Waals surface area contributed by atoms with Gasteiger partial charge in [-0.05, 0) is 18.6 Å². The van der Waals surface area contributed by atoms with E-state index >= 15 is 0 Å². The van der Waals surface area contributed by atoms with Crippen molar-refractivity contribution in [2.24, 2.45) is 0 Å². The van der Waals surface area contributed by atoms with Crippen LogP contribution in [0.25, 0.3) is 5.57 Å². The Balaban J connectivity index is 0.00000147. The number of para-hydroxylation sites is 1. The summed E-state index contributed by atoms with van der Waals surface area (Å²) in [5.74, 6) is 0.964. The molecule has 3 heteroatoms. The second-order valence-corrected chi connectivity index (χ2v) is 4.95. The molecule has 0 amide bonds. The van der Waals surface area contributed by atoms with E-state index in [-0.39, 0.29) is 18.4 Å². The molecule has 3 rings (SSSR count). The van der Waals surface area contributed by atoms with Crippen LogP contribution >= 0.6 is 0 Å². The average Bonchev–Trinajstić information content (AvgIpc) is 2.46. The lowest BCUT2D eigenvalue weighted by molar-refractivity contribution is -0.401. The van der Waals surface area contributed by atoms with E-state index in [2.05, 4.69) is 49.1 Å². The van der Waals surface area contributed by atoms with E-state index in [4.69, 9.17) is 4.74 Å². The van der Waals surface area contributed by atoms with Crippen molar-refractivity contribution in [3.05, 3.63) is 71.3 Å². The van der Waals surface area contributed by atoms with Gasteiger partial charge in [0.05, 0.1) is 0 Å². The summed E-state index contributed by atoms with van der Waals surface area (Å²) in [6, 6.07) is 19.0. The van der Waals surface area contributed by atoms with Gasteiger partial charge in [-0.1, -0.05) is 48.5 Å². The third-order valence-corrected chi connectivity index (χ3v) is 3.52. The molecule has 0 spiro atoms. The van der Waals surface area contributed by atoms with Crippen LogP contribution in [0.3, 0.4) is 0 Å². The van der Waals surface area contributed by atoms with Gasteiger partial charge in [-0.2, -0.15) is 0 Å². The van der Waals surface area contributed by atoms with Gasteiger partial charge in [0, 0.05) is 16.7 Å². The summed E-state index contributed by atoms with van der Waals surface area (Å²) in [6.45, 7) is 2.75. The fourth-order valence-electron chi connectivity index (χ4n) is 2.53. The molecule has 0 fully saturated rings. The van der Waals surface area contributed by atoms with E-state index in [1.807, 2.05) is 18.2 Å². The first-order chi connectivity index (χ1) is 9.27. The highest BCUT2D eigenvalue weighted by molar-refractivity contribution is 5.86. The van der Waals surface area contributed by atoms with Gasteiger partial charge in [0.1, 0.15) is 18.4 Å². The second-order valence-electron chi connectivity index (χ2n) is 4.95. The Kier molecular flexibility index (Phi) is 4.48. The Bertz CT molecular complexity index is 620. The predicted molar refractivity (Wildman–Crippen MR) is 76.8 cm³/mol. The molecule has 2 aromatic rings. The van der Waals surface area contributed by atoms with Crippen molar-refractivity contribution in [2.75, 3.05) is 6.61 Å². The molecule has 0 saturated heterocycles. The summed E-state index contributed by atoms with van der Waals surface area (Å²) in [7, 11) is 0. The van der Waals surface area contributed by atoms with Crippen molar-refractivity contribution in [1.82, 2.24) is 0 Å². The van der Waals surface area contributed by atoms with Crippen molar-refractivity contribution < 1.29 is 22.9 Å². The zero-order valence-corrected chi connectivity index (χ0v) is 12.2. The van der Waals surface area contributed by atoms with E-state index in [0.29, 0.717) is 6.61 Å². The Hall–Kier alpha value is -1.77. The standard InChI is InChI=1S/C17H17NO.ClH/c1-12(18)15-11-19-16-10-6-5-9-14(16)17(15)13-7-3-2-4-8-13;/h2-10,12H,11,18H2,1H3;1H. The van der Waals surface area contributed by atoms with Gasteiger partial charge in [-0.25, -0.2) is 0 Å². The Morgan fingerprint density at radius 3 is 2.35 bits per heavy atom. The van der Waals surface area contributed by atoms with Gasteiger partial charge in [0.2, 0.25) is 0 Å². The summed E-state index contributed by atoms with van der Waals surface area (Å²) in [5, 5.41) is 0. The minimum absolute atomic E-state index is 0. The summed E-state index contributed by atoms with van der Waals surface area (Å²) in [5.41, 5.74) is 9.14. The summed E-state index contributed by atoms with van der Waals surface area (Å²) < 4.78 is 5.85. The number of rotatable bonds is 2. The van der Waals surface area contributed by atoms with Crippen LogP contribution < -0.4 is 22.9 Å². The van der Waals surface area contributed by atoms with Gasteiger partial charge in [0.25, 0.3) is 0 Å². The number of benzene rings is 2. The molecule has 104 valence electrons. The van der Waals surface area contributed by atoms with E-state index in [1.54, 1.807) is 0 Å². The fraction of sp³-hybridized carbons (Fsp3) is 0.176. The lowest BCUT2D eigenvalue weighted by Crippen LogP contribution is -3.00. The van der Waals surface area contributed by atoms with Crippen molar-refractivity contribution in [1.29, 1.82) is 0 Å². The maximum atomic E-state index is 5.85. The molecule has 3 N–H and O–H groups in total. The minimum atomic E-state index is 0. The van der Waals surface area contributed by atoms with Crippen LogP contribution in [0.15, 0.2) is 60.2 Å². The maximum absolute atomic E-state index is 5.85. The van der Waals surface area contributed by atoms with E-state index in [9.17, 15) is 0 Å². The zero-order chi connectivity index (χ0) is 13.2. The zero-order valence-electron chi connectivity index (χ0n) is 11.5. The lowest BCUT2D eigenvalue weighted by Gasteiger charge is -2.25. The molecule has 1 aliphatic heterocycles. The molecule has 0 bridgehead atoms. The molecule has 1 heterocycles. The molecule has 2 aromatic carbocycles. The highest BCUT2D eigenvalue weighted by atomic mass is 35.5. The monoisotopic (exact) mass is 287 g/mol. The van der Waals surface area contributed by atoms with Crippen LogP contribution in [0, 0.1) is 0 Å². The molecule has 0 saturated carbocycles. The highest BCUT2D eigenvalue weighted by Crippen LogP contribution is 2.37. The van der Waals surface area contributed by atoms with Gasteiger partial charge in [-0.3, -0.25) is 0 Å². The number of quaternary nitrogens is 1.